The number of methoxy groups -OCH3 is 1. The third-order valence-electron chi connectivity index (χ3n) is 4.67. The number of hydrogen-bond acceptors (Lipinski definition) is 4. The molecule has 1 fully saturated rings. The van der Waals surface area contributed by atoms with Gasteiger partial charge in [0.2, 0.25) is 0 Å². The van der Waals surface area contributed by atoms with Gasteiger partial charge < -0.3 is 15.0 Å². The molecule has 3 rings (SSSR count). The van der Waals surface area contributed by atoms with E-state index in [9.17, 15) is 0 Å². The first-order valence-electron chi connectivity index (χ1n) is 8.34. The van der Waals surface area contributed by atoms with Crippen LogP contribution in [-0.2, 0) is 0 Å². The van der Waals surface area contributed by atoms with Crippen LogP contribution < -0.4 is 15.0 Å². The number of nitrogens with zero attached hydrogens (tertiary/aromatic N) is 2. The Bertz CT molecular complexity index is 755. The van der Waals surface area contributed by atoms with E-state index < -0.39 is 0 Å². The molecule has 1 aromatic heterocycles. The molecule has 2 aromatic rings. The van der Waals surface area contributed by atoms with E-state index in [0.717, 1.165) is 46.1 Å². The highest BCUT2D eigenvalue weighted by Crippen LogP contribution is 2.35. The lowest BCUT2D eigenvalue weighted by Gasteiger charge is -2.22. The molecule has 24 heavy (non-hydrogen) atoms. The second kappa shape index (κ2) is 7.01. The van der Waals surface area contributed by atoms with E-state index in [0.29, 0.717) is 0 Å². The van der Waals surface area contributed by atoms with Crippen molar-refractivity contribution >= 4 is 33.1 Å². The van der Waals surface area contributed by atoms with Crippen molar-refractivity contribution in [2.75, 3.05) is 30.4 Å². The molecule has 0 bridgehead atoms. The van der Waals surface area contributed by atoms with Crippen LogP contribution in [0.15, 0.2) is 22.7 Å². The van der Waals surface area contributed by atoms with Crippen LogP contribution >= 0.6 is 15.9 Å². The Morgan fingerprint density at radius 2 is 1.88 bits per heavy atom. The Labute approximate surface area is 152 Å². The zero-order valence-corrected chi connectivity index (χ0v) is 16.3. The monoisotopic (exact) mass is 389 g/mol. The van der Waals surface area contributed by atoms with Gasteiger partial charge in [0.05, 0.1) is 23.0 Å². The summed E-state index contributed by atoms with van der Waals surface area (Å²) < 4.78 is 6.42. The van der Waals surface area contributed by atoms with E-state index in [1.807, 2.05) is 6.07 Å². The number of benzene rings is 1. The molecule has 1 saturated heterocycles. The van der Waals surface area contributed by atoms with Gasteiger partial charge in [-0.05, 0) is 67.2 Å². The number of halogens is 1. The Hall–Kier alpha value is -1.75. The second-order valence-electron chi connectivity index (χ2n) is 6.33. The molecular formula is C19H24BrN3O. The van der Waals surface area contributed by atoms with E-state index >= 15 is 0 Å². The van der Waals surface area contributed by atoms with Crippen molar-refractivity contribution in [2.45, 2.75) is 33.6 Å². The summed E-state index contributed by atoms with van der Waals surface area (Å²) in [5, 5.41) is 3.49. The molecule has 0 aliphatic carbocycles. The van der Waals surface area contributed by atoms with Gasteiger partial charge in [-0.3, -0.25) is 0 Å². The van der Waals surface area contributed by atoms with Crippen molar-refractivity contribution in [1.29, 1.82) is 0 Å². The molecule has 0 amide bonds. The molecule has 0 unspecified atom stereocenters. The molecule has 0 atom stereocenters. The van der Waals surface area contributed by atoms with Gasteiger partial charge in [0, 0.05) is 24.3 Å². The van der Waals surface area contributed by atoms with Crippen LogP contribution in [0.25, 0.3) is 0 Å². The lowest BCUT2D eigenvalue weighted by molar-refractivity contribution is 0.412. The summed E-state index contributed by atoms with van der Waals surface area (Å²) in [6, 6.07) is 6.24. The van der Waals surface area contributed by atoms with E-state index in [2.05, 4.69) is 59.1 Å². The minimum Gasteiger partial charge on any atom is -0.496 e. The summed E-state index contributed by atoms with van der Waals surface area (Å²) in [7, 11) is 1.70. The van der Waals surface area contributed by atoms with Gasteiger partial charge in [-0.1, -0.05) is 6.07 Å². The molecule has 128 valence electrons. The number of anilines is 3. The zero-order valence-electron chi connectivity index (χ0n) is 14.7. The van der Waals surface area contributed by atoms with Crippen LogP contribution in [0.4, 0.5) is 17.2 Å². The number of hydrogen-bond donors (Lipinski definition) is 1. The topological polar surface area (TPSA) is 37.4 Å². The van der Waals surface area contributed by atoms with Crippen molar-refractivity contribution < 1.29 is 4.74 Å². The van der Waals surface area contributed by atoms with Crippen LogP contribution in [-0.4, -0.2) is 25.2 Å². The van der Waals surface area contributed by atoms with Crippen LogP contribution in [0.3, 0.4) is 0 Å². The van der Waals surface area contributed by atoms with E-state index in [1.54, 1.807) is 7.11 Å². The minimum atomic E-state index is 0.843. The van der Waals surface area contributed by atoms with Crippen molar-refractivity contribution in [2.24, 2.45) is 0 Å². The van der Waals surface area contributed by atoms with Crippen molar-refractivity contribution in [3.63, 3.8) is 0 Å². The lowest BCUT2D eigenvalue weighted by Crippen LogP contribution is -2.19. The molecule has 4 nitrogen and oxygen atoms in total. The van der Waals surface area contributed by atoms with Crippen molar-refractivity contribution in [3.05, 3.63) is 39.5 Å². The van der Waals surface area contributed by atoms with Crippen molar-refractivity contribution in [1.82, 2.24) is 4.98 Å². The Balaban J connectivity index is 1.95. The molecule has 1 aromatic carbocycles. The average molecular weight is 390 g/mol. The minimum absolute atomic E-state index is 0.843. The van der Waals surface area contributed by atoms with Gasteiger partial charge in [0.25, 0.3) is 0 Å². The number of aromatic nitrogens is 1. The Kier molecular flexibility index (Phi) is 4.99. The fraction of sp³-hybridized carbons (Fsp3) is 0.421. The maximum atomic E-state index is 5.44. The van der Waals surface area contributed by atoms with E-state index in [-0.39, 0.29) is 0 Å². The summed E-state index contributed by atoms with van der Waals surface area (Å²) in [5.74, 6) is 1.72. The molecule has 1 aliphatic heterocycles. The van der Waals surface area contributed by atoms with E-state index in [4.69, 9.17) is 9.72 Å². The van der Waals surface area contributed by atoms with Gasteiger partial charge >= 0.3 is 0 Å². The lowest BCUT2D eigenvalue weighted by atomic mass is 10.1. The number of nitrogens with one attached hydrogen (secondary N) is 1. The number of rotatable bonds is 4. The summed E-state index contributed by atoms with van der Waals surface area (Å²) in [6.45, 7) is 8.48. The zero-order chi connectivity index (χ0) is 17.3. The molecule has 1 N–H and O–H groups in total. The quantitative estimate of drug-likeness (QED) is 0.786. The number of pyridine rings is 1. The summed E-state index contributed by atoms with van der Waals surface area (Å²) >= 11 is 3.69. The standard InChI is InChI=1S/C19H24BrN3O/c1-12-7-8-17(24-4)13(2)18(12)22-19-15(20)11-16(14(3)21-19)23-9-5-6-10-23/h7-8,11H,5-6,9-10H2,1-4H3,(H,21,22). The van der Waals surface area contributed by atoms with Gasteiger partial charge in [-0.2, -0.15) is 0 Å². The first-order chi connectivity index (χ1) is 11.5. The predicted octanol–water partition coefficient (Wildman–Crippen LogP) is 5.12. The summed E-state index contributed by atoms with van der Waals surface area (Å²) in [6.07, 6.45) is 2.53. The fourth-order valence-electron chi connectivity index (χ4n) is 3.30. The van der Waals surface area contributed by atoms with Gasteiger partial charge in [0.1, 0.15) is 11.6 Å². The smallest absolute Gasteiger partial charge is 0.145 e. The highest BCUT2D eigenvalue weighted by molar-refractivity contribution is 9.10. The second-order valence-corrected chi connectivity index (χ2v) is 7.18. The van der Waals surface area contributed by atoms with Crippen molar-refractivity contribution in [3.8, 4) is 5.75 Å². The summed E-state index contributed by atoms with van der Waals surface area (Å²) in [4.78, 5) is 7.23. The number of ether oxygens (including phenoxy) is 1. The number of aryl methyl sites for hydroxylation is 2. The summed E-state index contributed by atoms with van der Waals surface area (Å²) in [5.41, 5.74) is 5.59. The van der Waals surface area contributed by atoms with Crippen LogP contribution in [0, 0.1) is 20.8 Å². The fourth-order valence-corrected chi connectivity index (χ4v) is 3.70. The van der Waals surface area contributed by atoms with Gasteiger partial charge in [-0.15, -0.1) is 0 Å². The maximum absolute atomic E-state index is 5.44. The van der Waals surface area contributed by atoms with E-state index in [1.165, 1.54) is 24.1 Å². The maximum Gasteiger partial charge on any atom is 0.145 e. The van der Waals surface area contributed by atoms with Crippen LogP contribution in [0.1, 0.15) is 29.7 Å². The van der Waals surface area contributed by atoms with Gasteiger partial charge in [0.15, 0.2) is 0 Å². The molecule has 2 heterocycles. The SMILES string of the molecule is COc1ccc(C)c(Nc2nc(C)c(N3CCCC3)cc2Br)c1C. The molecule has 0 saturated carbocycles. The molecule has 1 aliphatic rings. The predicted molar refractivity (Wildman–Crippen MR) is 104 cm³/mol. The first kappa shape index (κ1) is 17.1. The molecular weight excluding hydrogens is 366 g/mol. The molecule has 0 spiro atoms. The third-order valence-corrected chi connectivity index (χ3v) is 5.28. The first-order valence-corrected chi connectivity index (χ1v) is 9.14. The van der Waals surface area contributed by atoms with Crippen LogP contribution in [0.5, 0.6) is 5.75 Å². The molecule has 5 heteroatoms. The normalized spacial score (nSPS) is 14.1. The van der Waals surface area contributed by atoms with Crippen LogP contribution in [0.2, 0.25) is 0 Å². The Morgan fingerprint density at radius 3 is 2.54 bits per heavy atom. The third kappa shape index (κ3) is 3.22. The van der Waals surface area contributed by atoms with Gasteiger partial charge in [-0.25, -0.2) is 4.98 Å². The molecule has 0 radical (unpaired) electrons. The highest BCUT2D eigenvalue weighted by Gasteiger charge is 2.18. The Morgan fingerprint density at radius 1 is 1.17 bits per heavy atom. The average Bonchev–Trinajstić information content (AvgIpc) is 3.08. The largest absolute Gasteiger partial charge is 0.496 e. The highest BCUT2D eigenvalue weighted by atomic mass is 79.9.